The third kappa shape index (κ3) is 3.11. The molecule has 6 heteroatoms. The van der Waals surface area contributed by atoms with Crippen molar-refractivity contribution in [2.45, 2.75) is 33.7 Å². The lowest BCUT2D eigenvalue weighted by atomic mass is 10.1. The van der Waals surface area contributed by atoms with E-state index in [9.17, 15) is 4.79 Å². The van der Waals surface area contributed by atoms with Crippen LogP contribution in [0.1, 0.15) is 22.8 Å². The molecule has 3 rings (SSSR count). The minimum absolute atomic E-state index is 0.0264. The number of nitrogens with zero attached hydrogens (tertiary/aromatic N) is 3. The molecule has 120 valence electrons. The van der Waals surface area contributed by atoms with Crippen molar-refractivity contribution in [3.63, 3.8) is 0 Å². The number of benzene rings is 1. The maximum absolute atomic E-state index is 12.1. The van der Waals surface area contributed by atoms with Crippen molar-refractivity contribution in [1.82, 2.24) is 20.0 Å². The highest BCUT2D eigenvalue weighted by Gasteiger charge is 2.13. The highest BCUT2D eigenvalue weighted by Crippen LogP contribution is 2.15. The van der Waals surface area contributed by atoms with Crippen LogP contribution in [0.5, 0.6) is 0 Å². The van der Waals surface area contributed by atoms with E-state index in [-0.39, 0.29) is 5.91 Å². The Morgan fingerprint density at radius 1 is 1.26 bits per heavy atom. The monoisotopic (exact) mass is 312 g/mol. The average Bonchev–Trinajstić information content (AvgIpc) is 3.01. The van der Waals surface area contributed by atoms with Crippen LogP contribution in [0.3, 0.4) is 0 Å². The molecule has 0 aliphatic rings. The van der Waals surface area contributed by atoms with Gasteiger partial charge in [-0.05, 0) is 32.9 Å². The Kier molecular flexibility index (Phi) is 4.14. The maximum atomic E-state index is 12.1. The van der Waals surface area contributed by atoms with Crippen molar-refractivity contribution >= 4 is 16.9 Å². The van der Waals surface area contributed by atoms with Crippen LogP contribution in [-0.2, 0) is 17.8 Å². The summed E-state index contributed by atoms with van der Waals surface area (Å²) in [6, 6.07) is 8.01. The molecule has 1 aromatic carbocycles. The summed E-state index contributed by atoms with van der Waals surface area (Å²) in [4.78, 5) is 16.6. The third-order valence-electron chi connectivity index (χ3n) is 4.02. The van der Waals surface area contributed by atoms with Crippen molar-refractivity contribution < 1.29 is 9.32 Å². The lowest BCUT2D eigenvalue weighted by molar-refractivity contribution is -0.120. The fourth-order valence-electron chi connectivity index (χ4n) is 2.76. The second kappa shape index (κ2) is 6.24. The van der Waals surface area contributed by atoms with E-state index in [0.717, 1.165) is 28.1 Å². The van der Waals surface area contributed by atoms with Crippen LogP contribution in [0.4, 0.5) is 0 Å². The average molecular weight is 312 g/mol. The first-order valence-corrected chi connectivity index (χ1v) is 7.66. The lowest BCUT2D eigenvalue weighted by Gasteiger charge is -2.08. The number of carbonyl (C=O) groups is 1. The van der Waals surface area contributed by atoms with E-state index in [4.69, 9.17) is 4.52 Å². The molecule has 0 saturated heterocycles. The molecule has 0 unspecified atom stereocenters. The summed E-state index contributed by atoms with van der Waals surface area (Å²) in [6.07, 6.45) is 0.296. The van der Waals surface area contributed by atoms with Gasteiger partial charge in [-0.1, -0.05) is 17.3 Å². The van der Waals surface area contributed by atoms with Crippen molar-refractivity contribution in [2.75, 3.05) is 6.54 Å². The molecule has 0 spiro atoms. The summed E-state index contributed by atoms with van der Waals surface area (Å²) >= 11 is 0. The Balaban J connectivity index is 1.60. The molecule has 0 radical (unpaired) electrons. The van der Waals surface area contributed by atoms with Crippen molar-refractivity contribution in [2.24, 2.45) is 0 Å². The van der Waals surface area contributed by atoms with Gasteiger partial charge in [-0.15, -0.1) is 0 Å². The molecule has 0 saturated carbocycles. The summed E-state index contributed by atoms with van der Waals surface area (Å²) in [5.74, 6) is 1.63. The summed E-state index contributed by atoms with van der Waals surface area (Å²) in [5, 5.41) is 6.82. The van der Waals surface area contributed by atoms with E-state index >= 15 is 0 Å². The number of fused-ring (bicyclic) bond motifs is 1. The minimum Gasteiger partial charge on any atom is -0.361 e. The second-order valence-corrected chi connectivity index (χ2v) is 5.63. The smallest absolute Gasteiger partial charge is 0.224 e. The van der Waals surface area contributed by atoms with Gasteiger partial charge in [-0.3, -0.25) is 4.79 Å². The normalized spacial score (nSPS) is 11.1. The highest BCUT2D eigenvalue weighted by molar-refractivity contribution is 5.79. The molecule has 6 nitrogen and oxygen atoms in total. The summed E-state index contributed by atoms with van der Waals surface area (Å²) in [5.41, 5.74) is 3.71. The van der Waals surface area contributed by atoms with Gasteiger partial charge in [0.1, 0.15) is 11.6 Å². The number of hydrogen-bond acceptors (Lipinski definition) is 4. The molecule has 0 bridgehead atoms. The van der Waals surface area contributed by atoms with Crippen LogP contribution >= 0.6 is 0 Å². The van der Waals surface area contributed by atoms with Crippen LogP contribution in [0.25, 0.3) is 11.0 Å². The van der Waals surface area contributed by atoms with E-state index in [0.29, 0.717) is 25.3 Å². The SMILES string of the molecule is Cc1noc(C)c1CC(=O)NCCn1c(C)nc2ccccc21. The van der Waals surface area contributed by atoms with E-state index < -0.39 is 0 Å². The summed E-state index contributed by atoms with van der Waals surface area (Å²) in [7, 11) is 0. The highest BCUT2D eigenvalue weighted by atomic mass is 16.5. The number of nitrogens with one attached hydrogen (secondary N) is 1. The fourth-order valence-corrected chi connectivity index (χ4v) is 2.76. The molecule has 3 aromatic rings. The number of aryl methyl sites for hydroxylation is 3. The first-order valence-electron chi connectivity index (χ1n) is 7.66. The molecular formula is C17H20N4O2. The zero-order valence-corrected chi connectivity index (χ0v) is 13.6. The molecule has 1 N–H and O–H groups in total. The standard InChI is InChI=1S/C17H20N4O2/c1-11-14(12(2)23-20-11)10-17(22)18-8-9-21-13(3)19-15-6-4-5-7-16(15)21/h4-7H,8-10H2,1-3H3,(H,18,22). The minimum atomic E-state index is -0.0264. The number of rotatable bonds is 5. The van der Waals surface area contributed by atoms with Crippen molar-refractivity contribution in [3.8, 4) is 0 Å². The molecule has 0 aliphatic carbocycles. The predicted molar refractivity (Wildman–Crippen MR) is 87.2 cm³/mol. The van der Waals surface area contributed by atoms with Crippen LogP contribution in [0.15, 0.2) is 28.8 Å². The first-order chi connectivity index (χ1) is 11.1. The Hall–Kier alpha value is -2.63. The largest absolute Gasteiger partial charge is 0.361 e. The molecule has 1 amide bonds. The lowest BCUT2D eigenvalue weighted by Crippen LogP contribution is -2.29. The zero-order chi connectivity index (χ0) is 16.4. The van der Waals surface area contributed by atoms with Crippen LogP contribution in [0, 0.1) is 20.8 Å². The first kappa shape index (κ1) is 15.3. The maximum Gasteiger partial charge on any atom is 0.224 e. The third-order valence-corrected chi connectivity index (χ3v) is 4.02. The molecule has 0 aliphatic heterocycles. The number of para-hydroxylation sites is 2. The number of hydrogen-bond donors (Lipinski definition) is 1. The molecular weight excluding hydrogens is 292 g/mol. The van der Waals surface area contributed by atoms with Gasteiger partial charge in [-0.2, -0.15) is 0 Å². The van der Waals surface area contributed by atoms with E-state index in [1.165, 1.54) is 0 Å². The van der Waals surface area contributed by atoms with Gasteiger partial charge in [0.05, 0.1) is 23.1 Å². The van der Waals surface area contributed by atoms with Gasteiger partial charge in [0.25, 0.3) is 0 Å². The Morgan fingerprint density at radius 2 is 2.04 bits per heavy atom. The molecule has 2 aromatic heterocycles. The van der Waals surface area contributed by atoms with E-state index in [2.05, 4.69) is 20.0 Å². The van der Waals surface area contributed by atoms with Gasteiger partial charge in [0, 0.05) is 18.7 Å². The topological polar surface area (TPSA) is 73.0 Å². The van der Waals surface area contributed by atoms with Crippen LogP contribution in [-0.4, -0.2) is 27.2 Å². The Morgan fingerprint density at radius 3 is 2.78 bits per heavy atom. The molecule has 0 atom stereocenters. The van der Waals surface area contributed by atoms with Crippen molar-refractivity contribution in [1.29, 1.82) is 0 Å². The molecule has 23 heavy (non-hydrogen) atoms. The number of amides is 1. The van der Waals surface area contributed by atoms with Gasteiger partial charge < -0.3 is 14.4 Å². The summed E-state index contributed by atoms with van der Waals surface area (Å²) < 4.78 is 7.20. The molecule has 0 fully saturated rings. The van der Waals surface area contributed by atoms with Gasteiger partial charge >= 0.3 is 0 Å². The number of carbonyl (C=O) groups excluding carboxylic acids is 1. The quantitative estimate of drug-likeness (QED) is 0.784. The van der Waals surface area contributed by atoms with Crippen LogP contribution in [0.2, 0.25) is 0 Å². The van der Waals surface area contributed by atoms with Gasteiger partial charge in [0.15, 0.2) is 0 Å². The van der Waals surface area contributed by atoms with Crippen LogP contribution < -0.4 is 5.32 Å². The number of aromatic nitrogens is 3. The Bertz CT molecular complexity index is 828. The fraction of sp³-hybridized carbons (Fsp3) is 0.353. The summed E-state index contributed by atoms with van der Waals surface area (Å²) in [6.45, 7) is 6.90. The van der Waals surface area contributed by atoms with E-state index in [1.807, 2.05) is 45.0 Å². The van der Waals surface area contributed by atoms with Crippen molar-refractivity contribution in [3.05, 3.63) is 47.1 Å². The predicted octanol–water partition coefficient (Wildman–Crippen LogP) is 2.31. The number of imidazole rings is 1. The molecule has 2 heterocycles. The second-order valence-electron chi connectivity index (χ2n) is 5.63. The van der Waals surface area contributed by atoms with Gasteiger partial charge in [0.2, 0.25) is 5.91 Å². The van der Waals surface area contributed by atoms with E-state index in [1.54, 1.807) is 0 Å². The Labute approximate surface area is 134 Å². The zero-order valence-electron chi connectivity index (χ0n) is 13.6. The van der Waals surface area contributed by atoms with Gasteiger partial charge in [-0.25, -0.2) is 4.98 Å².